The minimum absolute atomic E-state index is 0.206. The van der Waals surface area contributed by atoms with Crippen molar-refractivity contribution in [1.29, 1.82) is 0 Å². The summed E-state index contributed by atoms with van der Waals surface area (Å²) in [4.78, 5) is 2.11. The molecule has 0 aliphatic rings. The maximum atomic E-state index is 11.9. The lowest BCUT2D eigenvalue weighted by molar-refractivity contribution is 0.412. The molecule has 0 aliphatic carbocycles. The summed E-state index contributed by atoms with van der Waals surface area (Å²) >= 11 is 3.20. The summed E-state index contributed by atoms with van der Waals surface area (Å²) in [6.07, 6.45) is 0. The lowest BCUT2D eigenvalue weighted by Gasteiger charge is -2.11. The van der Waals surface area contributed by atoms with Crippen LogP contribution < -0.4 is 10.5 Å². The number of hydrogen-bond acceptors (Lipinski definition) is 4. The summed E-state index contributed by atoms with van der Waals surface area (Å²) in [6.45, 7) is 1.02. The summed E-state index contributed by atoms with van der Waals surface area (Å²) in [5.41, 5.74) is 6.11. The zero-order valence-corrected chi connectivity index (χ0v) is 12.2. The average Bonchev–Trinajstić information content (AvgIpc) is 2.21. The van der Waals surface area contributed by atoms with E-state index in [1.807, 2.05) is 19.0 Å². The highest BCUT2D eigenvalue weighted by Gasteiger charge is 2.14. The number of nitrogens with two attached hydrogens (primary N) is 1. The largest absolute Gasteiger partial charge is 0.398 e. The highest BCUT2D eigenvalue weighted by atomic mass is 79.9. The molecule has 0 amide bonds. The molecular weight excluding hydrogens is 306 g/mol. The van der Waals surface area contributed by atoms with Crippen molar-refractivity contribution in [1.82, 2.24) is 9.62 Å². The van der Waals surface area contributed by atoms with Gasteiger partial charge in [-0.25, -0.2) is 13.1 Å². The molecule has 0 heterocycles. The third-order valence-electron chi connectivity index (χ3n) is 2.13. The Hall–Kier alpha value is -0.630. The second-order valence-electron chi connectivity index (χ2n) is 3.88. The molecule has 0 aromatic heterocycles. The topological polar surface area (TPSA) is 75.4 Å². The van der Waals surface area contributed by atoms with Gasteiger partial charge in [-0.15, -0.1) is 0 Å². The molecule has 0 saturated heterocycles. The number of benzene rings is 1. The summed E-state index contributed by atoms with van der Waals surface area (Å²) in [6, 6.07) is 4.54. The van der Waals surface area contributed by atoms with Crippen molar-refractivity contribution in [3.05, 3.63) is 22.7 Å². The number of anilines is 1. The van der Waals surface area contributed by atoms with Gasteiger partial charge < -0.3 is 10.6 Å². The third-order valence-corrected chi connectivity index (χ3v) is 4.28. The molecule has 96 valence electrons. The van der Waals surface area contributed by atoms with Gasteiger partial charge in [0, 0.05) is 23.2 Å². The molecule has 5 nitrogen and oxygen atoms in total. The molecule has 0 unspecified atom stereocenters. The van der Waals surface area contributed by atoms with Crippen molar-refractivity contribution < 1.29 is 8.42 Å². The van der Waals surface area contributed by atoms with Gasteiger partial charge >= 0.3 is 0 Å². The second-order valence-corrected chi connectivity index (χ2v) is 6.51. The van der Waals surface area contributed by atoms with Crippen LogP contribution in [-0.4, -0.2) is 40.5 Å². The molecule has 0 fully saturated rings. The van der Waals surface area contributed by atoms with Gasteiger partial charge in [0.2, 0.25) is 10.0 Å². The fraction of sp³-hybridized carbons (Fsp3) is 0.400. The molecule has 0 radical (unpaired) electrons. The quantitative estimate of drug-likeness (QED) is 0.789. The first kappa shape index (κ1) is 14.4. The van der Waals surface area contributed by atoms with Gasteiger partial charge in [0.25, 0.3) is 0 Å². The van der Waals surface area contributed by atoms with Crippen LogP contribution in [0.1, 0.15) is 0 Å². The van der Waals surface area contributed by atoms with E-state index in [0.29, 0.717) is 23.2 Å². The van der Waals surface area contributed by atoms with E-state index in [-0.39, 0.29) is 4.90 Å². The monoisotopic (exact) mass is 321 g/mol. The number of halogens is 1. The van der Waals surface area contributed by atoms with Gasteiger partial charge in [0.05, 0.1) is 4.90 Å². The SMILES string of the molecule is CN(C)CCNS(=O)(=O)c1ccc(N)c(Br)c1. The van der Waals surface area contributed by atoms with Crippen LogP contribution in [0.4, 0.5) is 5.69 Å². The fourth-order valence-electron chi connectivity index (χ4n) is 1.16. The molecule has 7 heteroatoms. The molecule has 1 rings (SSSR count). The first-order chi connectivity index (χ1) is 7.83. The van der Waals surface area contributed by atoms with Crippen molar-refractivity contribution >= 4 is 31.6 Å². The molecule has 0 aliphatic heterocycles. The predicted octanol–water partition coefficient (Wildman–Crippen LogP) is 0.871. The Balaban J connectivity index is 2.79. The first-order valence-electron chi connectivity index (χ1n) is 5.02. The van der Waals surface area contributed by atoms with E-state index < -0.39 is 10.0 Å². The lowest BCUT2D eigenvalue weighted by Crippen LogP contribution is -2.31. The highest BCUT2D eigenvalue weighted by Crippen LogP contribution is 2.22. The third kappa shape index (κ3) is 4.27. The van der Waals surface area contributed by atoms with Gasteiger partial charge in [-0.1, -0.05) is 0 Å². The number of nitrogen functional groups attached to an aromatic ring is 1. The van der Waals surface area contributed by atoms with Crippen LogP contribution in [0.2, 0.25) is 0 Å². The van der Waals surface area contributed by atoms with E-state index in [9.17, 15) is 8.42 Å². The van der Waals surface area contributed by atoms with E-state index in [1.54, 1.807) is 6.07 Å². The van der Waals surface area contributed by atoms with Gasteiger partial charge in [0.1, 0.15) is 0 Å². The van der Waals surface area contributed by atoms with Crippen molar-refractivity contribution in [2.75, 3.05) is 32.9 Å². The standard InChI is InChI=1S/C10H16BrN3O2S/c1-14(2)6-5-13-17(15,16)8-3-4-10(12)9(11)7-8/h3-4,7,13H,5-6,12H2,1-2H3. The summed E-state index contributed by atoms with van der Waals surface area (Å²) in [5, 5.41) is 0. The smallest absolute Gasteiger partial charge is 0.240 e. The van der Waals surface area contributed by atoms with Crippen LogP contribution in [0, 0.1) is 0 Å². The van der Waals surface area contributed by atoms with Gasteiger partial charge in [-0.05, 0) is 48.2 Å². The molecule has 3 N–H and O–H groups in total. The van der Waals surface area contributed by atoms with Crippen molar-refractivity contribution in [2.45, 2.75) is 4.90 Å². The van der Waals surface area contributed by atoms with Gasteiger partial charge in [-0.3, -0.25) is 0 Å². The first-order valence-corrected chi connectivity index (χ1v) is 7.30. The van der Waals surface area contributed by atoms with Crippen LogP contribution in [0.3, 0.4) is 0 Å². The lowest BCUT2D eigenvalue weighted by atomic mass is 10.3. The summed E-state index contributed by atoms with van der Waals surface area (Å²) < 4.78 is 26.9. The van der Waals surface area contributed by atoms with Crippen LogP contribution in [0.5, 0.6) is 0 Å². The van der Waals surface area contributed by atoms with Crippen LogP contribution >= 0.6 is 15.9 Å². The second kappa shape index (κ2) is 5.81. The van der Waals surface area contributed by atoms with E-state index in [2.05, 4.69) is 20.7 Å². The Morgan fingerprint density at radius 2 is 2.06 bits per heavy atom. The highest BCUT2D eigenvalue weighted by molar-refractivity contribution is 9.10. The predicted molar refractivity (Wildman–Crippen MR) is 72.3 cm³/mol. The number of nitrogens with one attached hydrogen (secondary N) is 1. The van der Waals surface area contributed by atoms with Crippen molar-refractivity contribution in [3.63, 3.8) is 0 Å². The molecule has 0 bridgehead atoms. The number of hydrogen-bond donors (Lipinski definition) is 2. The van der Waals surface area contributed by atoms with Crippen molar-refractivity contribution in [2.24, 2.45) is 0 Å². The zero-order valence-electron chi connectivity index (χ0n) is 9.77. The van der Waals surface area contributed by atoms with Crippen molar-refractivity contribution in [3.8, 4) is 0 Å². The summed E-state index contributed by atoms with van der Waals surface area (Å²) in [7, 11) is 0.309. The average molecular weight is 322 g/mol. The summed E-state index contributed by atoms with van der Waals surface area (Å²) in [5.74, 6) is 0. The van der Waals surface area contributed by atoms with Crippen LogP contribution in [-0.2, 0) is 10.0 Å². The maximum absolute atomic E-state index is 11.9. The van der Waals surface area contributed by atoms with E-state index in [4.69, 9.17) is 5.73 Å². The maximum Gasteiger partial charge on any atom is 0.240 e. The molecular formula is C10H16BrN3O2S. The Bertz CT molecular complexity index is 488. The molecule has 0 spiro atoms. The number of rotatable bonds is 5. The number of likely N-dealkylation sites (N-methyl/N-ethyl adjacent to an activating group) is 1. The molecule has 17 heavy (non-hydrogen) atoms. The molecule has 1 aromatic carbocycles. The van der Waals surface area contributed by atoms with Gasteiger partial charge in [0.15, 0.2) is 0 Å². The molecule has 0 saturated carbocycles. The molecule has 0 atom stereocenters. The normalized spacial score (nSPS) is 12.0. The Morgan fingerprint density at radius 3 is 2.59 bits per heavy atom. The number of nitrogens with zero attached hydrogens (tertiary/aromatic N) is 1. The van der Waals surface area contributed by atoms with E-state index in [0.717, 1.165) is 0 Å². The minimum Gasteiger partial charge on any atom is -0.398 e. The Kier molecular flexibility index (Phi) is 4.93. The molecule has 1 aromatic rings. The number of sulfonamides is 1. The van der Waals surface area contributed by atoms with E-state index >= 15 is 0 Å². The fourth-order valence-corrected chi connectivity index (χ4v) is 2.74. The van der Waals surface area contributed by atoms with Gasteiger partial charge in [-0.2, -0.15) is 0 Å². The zero-order chi connectivity index (χ0) is 13.1. The Morgan fingerprint density at radius 1 is 1.41 bits per heavy atom. The van der Waals surface area contributed by atoms with Crippen LogP contribution in [0.15, 0.2) is 27.6 Å². The van der Waals surface area contributed by atoms with E-state index in [1.165, 1.54) is 12.1 Å². The van der Waals surface area contributed by atoms with Crippen LogP contribution in [0.25, 0.3) is 0 Å². The minimum atomic E-state index is -3.46. The Labute approximate surface area is 110 Å².